The molecule has 2 N–H and O–H groups in total. The molecule has 7 nitrogen and oxygen atoms in total. The van der Waals surface area contributed by atoms with Crippen LogP contribution >= 0.6 is 0 Å². The second-order valence-electron chi connectivity index (χ2n) is 7.62. The second-order valence-corrected chi connectivity index (χ2v) is 7.62. The van der Waals surface area contributed by atoms with Gasteiger partial charge in [-0.2, -0.15) is 4.98 Å². The van der Waals surface area contributed by atoms with Crippen LogP contribution in [0.1, 0.15) is 74.7 Å². The van der Waals surface area contributed by atoms with Crippen LogP contribution in [0.3, 0.4) is 0 Å². The number of aromatic nitrogens is 4. The van der Waals surface area contributed by atoms with E-state index in [9.17, 15) is 5.11 Å². The number of aliphatic hydroxyl groups is 1. The van der Waals surface area contributed by atoms with Crippen LogP contribution < -0.4 is 5.32 Å². The summed E-state index contributed by atoms with van der Waals surface area (Å²) in [5.41, 5.74) is 1.01. The minimum absolute atomic E-state index is 0.151. The van der Waals surface area contributed by atoms with Gasteiger partial charge in [-0.25, -0.2) is 9.97 Å². The van der Waals surface area contributed by atoms with Gasteiger partial charge in [-0.1, -0.05) is 19.0 Å². The molecule has 2 aromatic rings. The number of hydrogen-bond acceptors (Lipinski definition) is 7. The third kappa shape index (κ3) is 3.66. The summed E-state index contributed by atoms with van der Waals surface area (Å²) >= 11 is 0. The van der Waals surface area contributed by atoms with Gasteiger partial charge >= 0.3 is 0 Å². The normalized spacial score (nSPS) is 26.3. The fourth-order valence-corrected chi connectivity index (χ4v) is 3.46. The van der Waals surface area contributed by atoms with Gasteiger partial charge in [0.25, 0.3) is 0 Å². The predicted octanol–water partition coefficient (Wildman–Crippen LogP) is 2.83. The van der Waals surface area contributed by atoms with Gasteiger partial charge in [0.05, 0.1) is 6.10 Å². The zero-order chi connectivity index (χ0) is 17.4. The highest BCUT2D eigenvalue weighted by Gasteiger charge is 2.38. The molecule has 0 amide bonds. The zero-order valence-corrected chi connectivity index (χ0v) is 14.7. The predicted molar refractivity (Wildman–Crippen MR) is 92.4 cm³/mol. The van der Waals surface area contributed by atoms with Crippen molar-refractivity contribution in [1.29, 1.82) is 0 Å². The highest BCUT2D eigenvalue weighted by atomic mass is 16.5. The zero-order valence-electron chi connectivity index (χ0n) is 14.7. The molecule has 134 valence electrons. The molecule has 0 bridgehead atoms. The maximum atomic E-state index is 10.4. The Bertz CT molecular complexity index is 728. The Morgan fingerprint density at radius 3 is 2.84 bits per heavy atom. The van der Waals surface area contributed by atoms with Gasteiger partial charge in [-0.15, -0.1) is 0 Å². The molecule has 2 saturated carbocycles. The summed E-state index contributed by atoms with van der Waals surface area (Å²) in [5.74, 6) is 3.50. The quantitative estimate of drug-likeness (QED) is 0.832. The third-order valence-electron chi connectivity index (χ3n) is 5.23. The van der Waals surface area contributed by atoms with Gasteiger partial charge in [0.15, 0.2) is 5.82 Å². The lowest BCUT2D eigenvalue weighted by molar-refractivity contribution is 0.137. The smallest absolute Gasteiger partial charge is 0.229 e. The van der Waals surface area contributed by atoms with E-state index in [0.29, 0.717) is 30.7 Å². The number of nitrogens with one attached hydrogen (secondary N) is 1. The second kappa shape index (κ2) is 6.71. The molecule has 0 aromatic carbocycles. The summed E-state index contributed by atoms with van der Waals surface area (Å²) in [6, 6.07) is 1.98. The van der Waals surface area contributed by atoms with Crippen LogP contribution in [0.2, 0.25) is 0 Å². The number of rotatable bonds is 6. The maximum Gasteiger partial charge on any atom is 0.229 e. The molecule has 0 saturated heterocycles. The van der Waals surface area contributed by atoms with Crippen molar-refractivity contribution >= 4 is 5.82 Å². The minimum Gasteiger partial charge on any atom is -0.393 e. The number of hydrogen-bond donors (Lipinski definition) is 2. The van der Waals surface area contributed by atoms with Crippen LogP contribution in [0.25, 0.3) is 0 Å². The maximum absolute atomic E-state index is 10.4. The van der Waals surface area contributed by atoms with Crippen molar-refractivity contribution in [3.8, 4) is 0 Å². The van der Waals surface area contributed by atoms with Crippen LogP contribution in [-0.4, -0.2) is 37.9 Å². The summed E-state index contributed by atoms with van der Waals surface area (Å²) in [7, 11) is 0. The van der Waals surface area contributed by atoms with Crippen LogP contribution in [0.4, 0.5) is 5.82 Å². The molecule has 2 aliphatic carbocycles. The Balaban J connectivity index is 1.35. The highest BCUT2D eigenvalue weighted by Crippen LogP contribution is 2.41. The minimum atomic E-state index is -0.361. The molecule has 3 atom stereocenters. The third-order valence-corrected chi connectivity index (χ3v) is 5.23. The Morgan fingerprint density at radius 2 is 2.08 bits per heavy atom. The van der Waals surface area contributed by atoms with E-state index in [0.717, 1.165) is 36.6 Å². The number of aliphatic hydroxyl groups excluding tert-OH is 1. The summed E-state index contributed by atoms with van der Waals surface area (Å²) in [6.07, 6.45) is 5.08. The topological polar surface area (TPSA) is 97.0 Å². The Hall–Kier alpha value is -2.02. The van der Waals surface area contributed by atoms with E-state index in [2.05, 4.69) is 39.3 Å². The molecular formula is C18H25N5O2. The Morgan fingerprint density at radius 1 is 1.24 bits per heavy atom. The highest BCUT2D eigenvalue weighted by molar-refractivity contribution is 5.35. The average molecular weight is 343 g/mol. The molecule has 2 aliphatic rings. The van der Waals surface area contributed by atoms with Crippen molar-refractivity contribution in [3.63, 3.8) is 0 Å². The van der Waals surface area contributed by atoms with Crippen molar-refractivity contribution < 1.29 is 9.63 Å². The lowest BCUT2D eigenvalue weighted by Gasteiger charge is -2.15. The van der Waals surface area contributed by atoms with E-state index in [1.54, 1.807) is 6.33 Å². The molecule has 0 radical (unpaired) electrons. The molecule has 2 heterocycles. The van der Waals surface area contributed by atoms with Crippen LogP contribution in [0.15, 0.2) is 16.9 Å². The van der Waals surface area contributed by atoms with Crippen LogP contribution in [-0.2, 0) is 0 Å². The number of nitrogens with zero attached hydrogens (tertiary/aromatic N) is 4. The summed E-state index contributed by atoms with van der Waals surface area (Å²) in [4.78, 5) is 13.1. The van der Waals surface area contributed by atoms with E-state index < -0.39 is 0 Å². The molecule has 7 heteroatoms. The molecule has 0 spiro atoms. The Labute approximate surface area is 147 Å². The monoisotopic (exact) mass is 343 g/mol. The molecule has 25 heavy (non-hydrogen) atoms. The molecule has 0 aliphatic heterocycles. The van der Waals surface area contributed by atoms with Crippen LogP contribution in [0.5, 0.6) is 0 Å². The molecule has 2 fully saturated rings. The van der Waals surface area contributed by atoms with Gasteiger partial charge in [-0.05, 0) is 31.6 Å². The first-order valence-corrected chi connectivity index (χ1v) is 9.17. The van der Waals surface area contributed by atoms with E-state index in [4.69, 9.17) is 4.52 Å². The first-order chi connectivity index (χ1) is 12.1. The lowest BCUT2D eigenvalue weighted by Crippen LogP contribution is -2.22. The summed E-state index contributed by atoms with van der Waals surface area (Å²) in [6.45, 7) is 4.89. The van der Waals surface area contributed by atoms with Gasteiger partial charge in [0, 0.05) is 36.1 Å². The van der Waals surface area contributed by atoms with Crippen molar-refractivity contribution in [2.24, 2.45) is 5.92 Å². The van der Waals surface area contributed by atoms with Gasteiger partial charge in [0.2, 0.25) is 5.89 Å². The lowest BCUT2D eigenvalue weighted by atomic mass is 10.0. The van der Waals surface area contributed by atoms with E-state index in [1.165, 1.54) is 0 Å². The molecule has 0 unspecified atom stereocenters. The van der Waals surface area contributed by atoms with Crippen molar-refractivity contribution in [2.45, 2.75) is 63.4 Å². The van der Waals surface area contributed by atoms with Gasteiger partial charge in [-0.3, -0.25) is 0 Å². The molecular weight excluding hydrogens is 318 g/mol. The van der Waals surface area contributed by atoms with Crippen molar-refractivity contribution in [3.05, 3.63) is 29.8 Å². The first-order valence-electron chi connectivity index (χ1n) is 9.17. The van der Waals surface area contributed by atoms with Crippen molar-refractivity contribution in [1.82, 2.24) is 20.1 Å². The molecule has 2 aromatic heterocycles. The SMILES string of the molecule is CC(C)c1cc(NC[C@H]2C[C@H](c3nc(C4CC4)no3)C[C@H]2O)ncn1. The van der Waals surface area contributed by atoms with E-state index in [-0.39, 0.29) is 17.9 Å². The standard InChI is InChI=1S/C18H25N5O2/c1-10(2)14-7-16(21-9-20-14)19-8-13-5-12(6-15(13)24)18-22-17(23-25-18)11-3-4-11/h7,9-13,15,24H,3-6,8H2,1-2H3,(H,19,20,21)/t12-,13+,15+/m0/s1. The molecule has 4 rings (SSSR count). The van der Waals surface area contributed by atoms with Gasteiger partial charge in [0.1, 0.15) is 12.1 Å². The van der Waals surface area contributed by atoms with E-state index >= 15 is 0 Å². The van der Waals surface area contributed by atoms with Gasteiger partial charge < -0.3 is 14.9 Å². The summed E-state index contributed by atoms with van der Waals surface area (Å²) in [5, 5.41) is 17.8. The average Bonchev–Trinajstić information content (AvgIpc) is 3.22. The number of anilines is 1. The van der Waals surface area contributed by atoms with Crippen molar-refractivity contribution in [2.75, 3.05) is 11.9 Å². The first kappa shape index (κ1) is 16.4. The van der Waals surface area contributed by atoms with Crippen LogP contribution in [0, 0.1) is 5.92 Å². The summed E-state index contributed by atoms with van der Waals surface area (Å²) < 4.78 is 5.44. The fourth-order valence-electron chi connectivity index (χ4n) is 3.46. The van der Waals surface area contributed by atoms with E-state index in [1.807, 2.05) is 6.07 Å². The fraction of sp³-hybridized carbons (Fsp3) is 0.667. The largest absolute Gasteiger partial charge is 0.393 e. The Kier molecular flexibility index (Phi) is 4.41.